The smallest absolute Gasteiger partial charge is 0.458 e. The van der Waals surface area contributed by atoms with Gasteiger partial charge in [-0.1, -0.05) is 54.6 Å². The average molecular weight is 481 g/mol. The van der Waals surface area contributed by atoms with Crippen LogP contribution in [0.5, 0.6) is 0 Å². The molecule has 1 N–H and O–H groups in total. The highest BCUT2D eigenvalue weighted by atomic mass is 16.7. The number of benzene rings is 2. The number of amides is 1. The van der Waals surface area contributed by atoms with Crippen molar-refractivity contribution in [2.24, 2.45) is 0 Å². The van der Waals surface area contributed by atoms with Crippen molar-refractivity contribution >= 4 is 24.6 Å². The van der Waals surface area contributed by atoms with Gasteiger partial charge in [-0.25, -0.2) is 9.59 Å². The van der Waals surface area contributed by atoms with E-state index in [1.54, 1.807) is 39.8 Å². The van der Waals surface area contributed by atoms with Crippen LogP contribution in [0.2, 0.25) is 0 Å². The first-order valence-electron chi connectivity index (χ1n) is 11.8. The third-order valence-corrected chi connectivity index (χ3v) is 6.39. The number of carbonyl (C=O) groups excluding carboxylic acids is 2. The predicted molar refractivity (Wildman–Crippen MR) is 135 cm³/mol. The topological polar surface area (TPSA) is 83.1 Å². The van der Waals surface area contributed by atoms with Gasteiger partial charge in [-0.2, -0.15) is 0 Å². The third kappa shape index (κ3) is 6.24. The molecule has 1 fully saturated rings. The van der Waals surface area contributed by atoms with Gasteiger partial charge in [-0.05, 0) is 72.0 Å². The molecule has 188 valence electrons. The molecule has 0 bridgehead atoms. The van der Waals surface area contributed by atoms with Crippen molar-refractivity contribution in [3.63, 3.8) is 0 Å². The van der Waals surface area contributed by atoms with Crippen molar-refractivity contribution in [1.82, 2.24) is 5.32 Å². The molecule has 1 atom stereocenters. The molecular formula is C27H36BNO6. The van der Waals surface area contributed by atoms with Gasteiger partial charge in [0.1, 0.15) is 12.2 Å². The maximum atomic E-state index is 13.3. The van der Waals surface area contributed by atoms with E-state index in [0.29, 0.717) is 5.56 Å². The normalized spacial score (nSPS) is 18.5. The summed E-state index contributed by atoms with van der Waals surface area (Å²) in [6.45, 7) is 15.0. The van der Waals surface area contributed by atoms with E-state index in [4.69, 9.17) is 18.8 Å². The van der Waals surface area contributed by atoms with E-state index in [2.05, 4.69) is 5.32 Å². The van der Waals surface area contributed by atoms with E-state index < -0.39 is 41.5 Å². The summed E-state index contributed by atoms with van der Waals surface area (Å²) in [5, 5.41) is 2.72. The zero-order valence-electron chi connectivity index (χ0n) is 21.9. The Labute approximate surface area is 208 Å². The summed E-state index contributed by atoms with van der Waals surface area (Å²) < 4.78 is 23.3. The highest BCUT2D eigenvalue weighted by Crippen LogP contribution is 2.36. The second-order valence-corrected chi connectivity index (χ2v) is 11.0. The molecule has 1 saturated heterocycles. The van der Waals surface area contributed by atoms with E-state index in [1.165, 1.54) is 0 Å². The summed E-state index contributed by atoms with van der Waals surface area (Å²) in [5.41, 5.74) is -0.953. The van der Waals surface area contributed by atoms with Crippen LogP contribution in [0.25, 0.3) is 0 Å². The Morgan fingerprint density at radius 1 is 0.886 bits per heavy atom. The van der Waals surface area contributed by atoms with Gasteiger partial charge < -0.3 is 24.1 Å². The Bertz CT molecular complexity index is 1030. The fourth-order valence-electron chi connectivity index (χ4n) is 3.54. The molecule has 0 aromatic heterocycles. The summed E-state index contributed by atoms with van der Waals surface area (Å²) in [6.07, 6.45) is -0.725. The number of hydrogen-bond acceptors (Lipinski definition) is 6. The van der Waals surface area contributed by atoms with Crippen molar-refractivity contribution in [2.45, 2.75) is 84.3 Å². The Morgan fingerprint density at radius 2 is 1.43 bits per heavy atom. The van der Waals surface area contributed by atoms with Gasteiger partial charge in [0.05, 0.1) is 11.2 Å². The van der Waals surface area contributed by atoms with Crippen LogP contribution >= 0.6 is 0 Å². The number of esters is 1. The van der Waals surface area contributed by atoms with Crippen molar-refractivity contribution < 1.29 is 28.4 Å². The Kier molecular flexibility index (Phi) is 7.39. The summed E-state index contributed by atoms with van der Waals surface area (Å²) in [7, 11) is -0.536. The molecule has 1 amide bonds. The lowest BCUT2D eigenvalue weighted by Crippen LogP contribution is -2.52. The fourth-order valence-corrected chi connectivity index (χ4v) is 3.54. The zero-order chi connectivity index (χ0) is 26.1. The van der Waals surface area contributed by atoms with Gasteiger partial charge >= 0.3 is 19.2 Å². The zero-order valence-corrected chi connectivity index (χ0v) is 21.9. The summed E-state index contributed by atoms with van der Waals surface area (Å²) in [6, 6.07) is 16.5. The van der Waals surface area contributed by atoms with Crippen molar-refractivity contribution in [1.29, 1.82) is 0 Å². The molecule has 1 heterocycles. The second-order valence-electron chi connectivity index (χ2n) is 11.0. The lowest BCUT2D eigenvalue weighted by Gasteiger charge is -2.32. The molecule has 7 nitrogen and oxygen atoms in total. The molecule has 0 radical (unpaired) electrons. The van der Waals surface area contributed by atoms with Crippen LogP contribution in [0.15, 0.2) is 54.6 Å². The summed E-state index contributed by atoms with van der Waals surface area (Å²) in [5.74, 6) is -0.593. The minimum absolute atomic E-state index is 0.0813. The molecule has 3 rings (SSSR count). The minimum Gasteiger partial charge on any atom is -0.458 e. The van der Waals surface area contributed by atoms with Crippen molar-refractivity contribution in [2.75, 3.05) is 0 Å². The van der Waals surface area contributed by atoms with Crippen molar-refractivity contribution in [3.8, 4) is 0 Å². The number of rotatable bonds is 6. The maximum absolute atomic E-state index is 13.3. The van der Waals surface area contributed by atoms with Crippen LogP contribution in [0.4, 0.5) is 4.79 Å². The summed E-state index contributed by atoms with van der Waals surface area (Å²) >= 11 is 0. The van der Waals surface area contributed by atoms with Gasteiger partial charge in [0.15, 0.2) is 5.54 Å². The van der Waals surface area contributed by atoms with Crippen LogP contribution in [0.1, 0.15) is 66.5 Å². The fraction of sp³-hybridized carbons (Fsp3) is 0.481. The van der Waals surface area contributed by atoms with E-state index in [0.717, 1.165) is 11.0 Å². The van der Waals surface area contributed by atoms with Gasteiger partial charge in [-0.15, -0.1) is 0 Å². The monoisotopic (exact) mass is 481 g/mol. The molecule has 1 aliphatic heterocycles. The van der Waals surface area contributed by atoms with Gasteiger partial charge in [0.2, 0.25) is 0 Å². The quantitative estimate of drug-likeness (QED) is 0.484. The first-order chi connectivity index (χ1) is 16.1. The molecule has 0 aliphatic carbocycles. The number of carbonyl (C=O) groups is 2. The second kappa shape index (κ2) is 9.67. The summed E-state index contributed by atoms with van der Waals surface area (Å²) in [4.78, 5) is 26.0. The molecule has 8 heteroatoms. The molecule has 2 aromatic carbocycles. The first-order valence-corrected chi connectivity index (χ1v) is 11.8. The molecule has 2 aromatic rings. The largest absolute Gasteiger partial charge is 0.494 e. The van der Waals surface area contributed by atoms with Gasteiger partial charge in [0, 0.05) is 0 Å². The number of ether oxygens (including phenoxy) is 2. The van der Waals surface area contributed by atoms with E-state index in [-0.39, 0.29) is 6.61 Å². The predicted octanol–water partition coefficient (Wildman–Crippen LogP) is 4.47. The standard InChI is InChI=1S/C27H36BNO6/c1-24(2,3)33-22(30)27(8,29-23(31)32-18-19-12-10-9-11-13-19)20-14-16-21(17-15-20)28-34-25(4,5)26(6,7)35-28/h9-17H,18H2,1-8H3,(H,29,31)/t27-/m0/s1. The number of alkyl carbamates (subject to hydrolysis) is 1. The Balaban J connectivity index is 1.82. The molecule has 1 aliphatic rings. The van der Waals surface area contributed by atoms with Crippen LogP contribution in [0, 0.1) is 0 Å². The Morgan fingerprint density at radius 3 is 1.94 bits per heavy atom. The first kappa shape index (κ1) is 26.8. The lowest BCUT2D eigenvalue weighted by atomic mass is 9.77. The Hall–Kier alpha value is -2.84. The van der Waals surface area contributed by atoms with Crippen molar-refractivity contribution in [3.05, 3.63) is 65.7 Å². The highest BCUT2D eigenvalue weighted by molar-refractivity contribution is 6.62. The molecule has 0 saturated carbocycles. The number of hydrogen-bond donors (Lipinski definition) is 1. The lowest BCUT2D eigenvalue weighted by molar-refractivity contribution is -0.162. The molecule has 0 unspecified atom stereocenters. The van der Waals surface area contributed by atoms with E-state index in [9.17, 15) is 9.59 Å². The highest BCUT2D eigenvalue weighted by Gasteiger charge is 2.52. The molecule has 35 heavy (non-hydrogen) atoms. The van der Waals surface area contributed by atoms with Crippen LogP contribution in [0.3, 0.4) is 0 Å². The van der Waals surface area contributed by atoms with E-state index >= 15 is 0 Å². The SMILES string of the molecule is CC(C)(C)OC(=O)[C@@](C)(NC(=O)OCc1ccccc1)c1ccc(B2OC(C)(C)C(C)(C)O2)cc1. The third-order valence-electron chi connectivity index (χ3n) is 6.39. The van der Waals surface area contributed by atoms with Crippen LogP contribution in [-0.4, -0.2) is 36.0 Å². The maximum Gasteiger partial charge on any atom is 0.494 e. The van der Waals surface area contributed by atoms with Crippen LogP contribution < -0.4 is 10.8 Å². The van der Waals surface area contributed by atoms with Crippen LogP contribution in [-0.2, 0) is 35.7 Å². The number of nitrogens with one attached hydrogen (secondary N) is 1. The van der Waals surface area contributed by atoms with Gasteiger partial charge in [-0.3, -0.25) is 0 Å². The average Bonchev–Trinajstić information content (AvgIpc) is 2.99. The van der Waals surface area contributed by atoms with E-state index in [1.807, 2.05) is 70.2 Å². The molecular weight excluding hydrogens is 445 g/mol. The van der Waals surface area contributed by atoms with Gasteiger partial charge in [0.25, 0.3) is 0 Å². The minimum atomic E-state index is -1.48. The molecule has 0 spiro atoms.